The molecule has 0 aliphatic carbocycles. The monoisotopic (exact) mass is 447 g/mol. The first-order chi connectivity index (χ1) is 14.9. The van der Waals surface area contributed by atoms with Gasteiger partial charge >= 0.3 is 6.03 Å². The average Bonchev–Trinajstić information content (AvgIpc) is 2.77. The molecule has 2 aliphatic rings. The van der Waals surface area contributed by atoms with Crippen molar-refractivity contribution in [3.05, 3.63) is 46.8 Å². The number of urea groups is 1. The summed E-state index contributed by atoms with van der Waals surface area (Å²) in [5.41, 5.74) is -0.301. The number of carbonyl (C=O) groups excluding carboxylic acids is 1. The summed E-state index contributed by atoms with van der Waals surface area (Å²) in [5, 5.41) is 13.5. The maximum absolute atomic E-state index is 12.9. The van der Waals surface area contributed by atoms with E-state index in [2.05, 4.69) is 25.1 Å². The molecule has 1 aromatic carbocycles. The molecule has 0 spiro atoms. The molecule has 13 heteroatoms. The molecule has 31 heavy (non-hydrogen) atoms. The van der Waals surface area contributed by atoms with Crippen molar-refractivity contribution >= 4 is 33.4 Å². The van der Waals surface area contributed by atoms with Crippen LogP contribution >= 0.6 is 0 Å². The number of fused-ring (bicyclic) bond motifs is 1. The molecular weight excluding hydrogens is 426 g/mol. The maximum Gasteiger partial charge on any atom is 0.335 e. The molecule has 0 saturated carbocycles. The van der Waals surface area contributed by atoms with Gasteiger partial charge in [-0.3, -0.25) is 15.0 Å². The number of nitrogens with zero attached hydrogens (tertiary/aromatic N) is 6. The van der Waals surface area contributed by atoms with E-state index in [1.807, 2.05) is 0 Å². The van der Waals surface area contributed by atoms with E-state index in [1.165, 1.54) is 6.07 Å². The zero-order chi connectivity index (χ0) is 22.0. The van der Waals surface area contributed by atoms with Crippen molar-refractivity contribution in [3.63, 3.8) is 0 Å². The molecule has 0 radical (unpaired) electrons. The fraction of sp³-hybridized carbons (Fsp3) is 0.389. The molecule has 0 bridgehead atoms. The van der Waals surface area contributed by atoms with Crippen LogP contribution in [0.2, 0.25) is 0 Å². The van der Waals surface area contributed by atoms with Crippen LogP contribution in [0.5, 0.6) is 0 Å². The average molecular weight is 447 g/mol. The number of amides is 2. The van der Waals surface area contributed by atoms with Crippen LogP contribution in [0.3, 0.4) is 0 Å². The fourth-order valence-corrected chi connectivity index (χ4v) is 5.17. The van der Waals surface area contributed by atoms with E-state index in [9.17, 15) is 23.3 Å². The molecule has 1 aromatic heterocycles. The quantitative estimate of drug-likeness (QED) is 0.509. The van der Waals surface area contributed by atoms with Crippen molar-refractivity contribution in [1.82, 2.24) is 19.2 Å². The Labute approximate surface area is 178 Å². The summed E-state index contributed by atoms with van der Waals surface area (Å²) in [6.07, 6.45) is 3.84. The van der Waals surface area contributed by atoms with Gasteiger partial charge < -0.3 is 10.2 Å². The number of hydrogen-bond donors (Lipinski definition) is 1. The molecule has 164 valence electrons. The van der Waals surface area contributed by atoms with Gasteiger partial charge in [-0.1, -0.05) is 0 Å². The molecule has 3 heterocycles. The molecule has 2 amide bonds. The number of rotatable bonds is 6. The summed E-state index contributed by atoms with van der Waals surface area (Å²) in [7, 11) is -4.16. The first-order valence-electron chi connectivity index (χ1n) is 9.73. The minimum Gasteiger partial charge on any atom is -0.338 e. The van der Waals surface area contributed by atoms with Crippen LogP contribution in [-0.4, -0.2) is 77.8 Å². The van der Waals surface area contributed by atoms with E-state index < -0.39 is 21.0 Å². The SMILES string of the molecule is O=C1Nc2ccc([N+](=O)[O-])cc2S(=O)(=O)N1CCCN1CCN(c2ncccn2)CC1. The molecule has 4 rings (SSSR count). The highest BCUT2D eigenvalue weighted by Gasteiger charge is 2.37. The minimum atomic E-state index is -4.16. The van der Waals surface area contributed by atoms with Gasteiger partial charge in [-0.05, 0) is 18.6 Å². The Morgan fingerprint density at radius 2 is 1.81 bits per heavy atom. The Hall–Kier alpha value is -3.32. The largest absolute Gasteiger partial charge is 0.338 e. The predicted molar refractivity (Wildman–Crippen MR) is 111 cm³/mol. The molecular formula is C18H21N7O5S. The zero-order valence-electron chi connectivity index (χ0n) is 16.5. The third-order valence-electron chi connectivity index (χ3n) is 5.26. The minimum absolute atomic E-state index is 0.0156. The van der Waals surface area contributed by atoms with E-state index in [0.29, 0.717) is 18.9 Å². The zero-order valence-corrected chi connectivity index (χ0v) is 17.4. The van der Waals surface area contributed by atoms with Crippen LogP contribution < -0.4 is 10.2 Å². The van der Waals surface area contributed by atoms with E-state index in [-0.39, 0.29) is 22.8 Å². The number of hydrogen-bond acceptors (Lipinski definition) is 9. The third-order valence-corrected chi connectivity index (χ3v) is 7.08. The van der Waals surface area contributed by atoms with Gasteiger partial charge in [-0.25, -0.2) is 27.5 Å². The Morgan fingerprint density at radius 1 is 1.10 bits per heavy atom. The number of aromatic nitrogens is 2. The van der Waals surface area contributed by atoms with E-state index in [4.69, 9.17) is 0 Å². The Morgan fingerprint density at radius 3 is 2.48 bits per heavy atom. The van der Waals surface area contributed by atoms with Crippen LogP contribution in [0.25, 0.3) is 0 Å². The lowest BCUT2D eigenvalue weighted by atomic mass is 10.3. The molecule has 2 aliphatic heterocycles. The number of carbonyl (C=O) groups is 1. The van der Waals surface area contributed by atoms with Crippen molar-refractivity contribution < 1.29 is 18.1 Å². The number of nitro benzene ring substituents is 1. The molecule has 1 N–H and O–H groups in total. The van der Waals surface area contributed by atoms with Crippen molar-refractivity contribution in [2.24, 2.45) is 0 Å². The summed E-state index contributed by atoms with van der Waals surface area (Å²) in [6, 6.07) is 4.37. The molecule has 1 saturated heterocycles. The molecule has 12 nitrogen and oxygen atoms in total. The van der Waals surface area contributed by atoms with Crippen LogP contribution in [0.4, 0.5) is 22.1 Å². The fourth-order valence-electron chi connectivity index (χ4n) is 3.63. The molecule has 1 fully saturated rings. The lowest BCUT2D eigenvalue weighted by Gasteiger charge is -2.35. The van der Waals surface area contributed by atoms with Gasteiger partial charge in [-0.15, -0.1) is 0 Å². The second kappa shape index (κ2) is 8.43. The number of non-ortho nitro benzene ring substituents is 1. The van der Waals surface area contributed by atoms with Crippen LogP contribution in [0.1, 0.15) is 6.42 Å². The number of nitrogens with one attached hydrogen (secondary N) is 1. The number of anilines is 2. The Balaban J connectivity index is 1.35. The van der Waals surface area contributed by atoms with Crippen molar-refractivity contribution in [2.45, 2.75) is 11.3 Å². The van der Waals surface area contributed by atoms with Crippen LogP contribution in [0, 0.1) is 10.1 Å². The van der Waals surface area contributed by atoms with Crippen molar-refractivity contribution in [2.75, 3.05) is 49.5 Å². The summed E-state index contributed by atoms with van der Waals surface area (Å²) in [5.74, 6) is 0.686. The van der Waals surface area contributed by atoms with E-state index >= 15 is 0 Å². The van der Waals surface area contributed by atoms with Gasteiger partial charge in [0.25, 0.3) is 15.7 Å². The standard InChI is InChI=1S/C18H21N7O5S/c26-18-21-15-4-3-14(25(27)28)13-16(15)31(29,30)24(18)8-2-7-22-9-11-23(12-10-22)17-19-5-1-6-20-17/h1,3-6,13H,2,7-12H2,(H,21,26). The van der Waals surface area contributed by atoms with Gasteiger partial charge in [-0.2, -0.15) is 0 Å². The highest BCUT2D eigenvalue weighted by atomic mass is 32.2. The normalized spacial score (nSPS) is 18.4. The second-order valence-corrected chi connectivity index (χ2v) is 9.01. The highest BCUT2D eigenvalue weighted by Crippen LogP contribution is 2.33. The molecule has 2 aromatic rings. The van der Waals surface area contributed by atoms with Gasteiger partial charge in [0.05, 0.1) is 10.6 Å². The number of nitro groups is 1. The molecule has 0 unspecified atom stereocenters. The van der Waals surface area contributed by atoms with Gasteiger partial charge in [0.1, 0.15) is 4.90 Å². The highest BCUT2D eigenvalue weighted by molar-refractivity contribution is 7.90. The van der Waals surface area contributed by atoms with Crippen molar-refractivity contribution in [1.29, 1.82) is 0 Å². The first kappa shape index (κ1) is 20.9. The molecule has 0 atom stereocenters. The maximum atomic E-state index is 12.9. The van der Waals surface area contributed by atoms with E-state index in [1.54, 1.807) is 18.5 Å². The van der Waals surface area contributed by atoms with Gasteiger partial charge in [0.15, 0.2) is 0 Å². The smallest absolute Gasteiger partial charge is 0.335 e. The lowest BCUT2D eigenvalue weighted by molar-refractivity contribution is -0.385. The van der Waals surface area contributed by atoms with Crippen molar-refractivity contribution in [3.8, 4) is 0 Å². The summed E-state index contributed by atoms with van der Waals surface area (Å²) >= 11 is 0. The summed E-state index contributed by atoms with van der Waals surface area (Å²) in [6.45, 7) is 3.65. The Kier molecular flexibility index (Phi) is 5.69. The van der Waals surface area contributed by atoms with Gasteiger partial charge in [0.2, 0.25) is 5.95 Å². The summed E-state index contributed by atoms with van der Waals surface area (Å²) in [4.78, 5) is 35.2. The predicted octanol–water partition coefficient (Wildman–Crippen LogP) is 1.13. The van der Waals surface area contributed by atoms with E-state index in [0.717, 1.165) is 42.6 Å². The topological polar surface area (TPSA) is 142 Å². The number of piperazine rings is 1. The number of benzene rings is 1. The number of sulfonamides is 1. The third kappa shape index (κ3) is 4.27. The van der Waals surface area contributed by atoms with Crippen LogP contribution in [-0.2, 0) is 10.0 Å². The second-order valence-electron chi connectivity index (χ2n) is 7.18. The van der Waals surface area contributed by atoms with Crippen LogP contribution in [0.15, 0.2) is 41.6 Å². The van der Waals surface area contributed by atoms with Gasteiger partial charge in [0, 0.05) is 63.8 Å². The summed E-state index contributed by atoms with van der Waals surface area (Å²) < 4.78 is 26.5. The Bertz CT molecular complexity index is 1090. The first-order valence-corrected chi connectivity index (χ1v) is 11.2. The lowest BCUT2D eigenvalue weighted by Crippen LogP contribution is -2.48.